The van der Waals surface area contributed by atoms with Crippen LogP contribution in [0.25, 0.3) is 0 Å². The van der Waals surface area contributed by atoms with Crippen LogP contribution < -0.4 is 5.32 Å². The number of piperazine rings is 1. The van der Waals surface area contributed by atoms with Gasteiger partial charge < -0.3 is 10.2 Å². The average molecular weight is 350 g/mol. The number of aromatic nitrogens is 1. The Bertz CT molecular complexity index is 688. The van der Waals surface area contributed by atoms with Gasteiger partial charge in [-0.1, -0.05) is 36.7 Å². The molecular formula is C17H20ClN3OS. The molecule has 1 aliphatic rings. The van der Waals surface area contributed by atoms with Crippen LogP contribution in [0.5, 0.6) is 0 Å². The lowest BCUT2D eigenvalue weighted by atomic mass is 10.0. The highest BCUT2D eigenvalue weighted by Crippen LogP contribution is 2.29. The SMILES string of the molecule is CCc1nc(CC(=O)N2CCNCC2c2ccccc2Cl)cs1. The summed E-state index contributed by atoms with van der Waals surface area (Å²) in [5, 5.41) is 7.13. The number of hydrogen-bond acceptors (Lipinski definition) is 4. The molecule has 23 heavy (non-hydrogen) atoms. The van der Waals surface area contributed by atoms with E-state index in [9.17, 15) is 4.79 Å². The number of halogens is 1. The minimum absolute atomic E-state index is 0.0192. The molecule has 2 heterocycles. The van der Waals surface area contributed by atoms with Crippen LogP contribution in [0.15, 0.2) is 29.6 Å². The van der Waals surface area contributed by atoms with Gasteiger partial charge in [-0.3, -0.25) is 4.79 Å². The van der Waals surface area contributed by atoms with Crippen LogP contribution in [0.4, 0.5) is 0 Å². The van der Waals surface area contributed by atoms with E-state index in [2.05, 4.69) is 17.2 Å². The molecule has 1 fully saturated rings. The lowest BCUT2D eigenvalue weighted by Crippen LogP contribution is -2.49. The summed E-state index contributed by atoms with van der Waals surface area (Å²) in [4.78, 5) is 19.2. The molecule has 1 atom stereocenters. The maximum atomic E-state index is 12.8. The second-order valence-electron chi connectivity index (χ2n) is 5.59. The number of thiazole rings is 1. The number of rotatable bonds is 4. The van der Waals surface area contributed by atoms with Gasteiger partial charge in [0.2, 0.25) is 5.91 Å². The molecule has 1 aromatic carbocycles. The molecule has 4 nitrogen and oxygen atoms in total. The van der Waals surface area contributed by atoms with Gasteiger partial charge >= 0.3 is 0 Å². The number of nitrogens with one attached hydrogen (secondary N) is 1. The smallest absolute Gasteiger partial charge is 0.229 e. The fourth-order valence-corrected chi connectivity index (χ4v) is 3.88. The Labute approximate surface area is 145 Å². The third-order valence-electron chi connectivity index (χ3n) is 4.06. The van der Waals surface area contributed by atoms with Crippen molar-refractivity contribution in [1.82, 2.24) is 15.2 Å². The molecule has 1 aliphatic heterocycles. The van der Waals surface area contributed by atoms with E-state index in [1.165, 1.54) is 0 Å². The van der Waals surface area contributed by atoms with Gasteiger partial charge in [0.25, 0.3) is 0 Å². The van der Waals surface area contributed by atoms with Gasteiger partial charge in [-0.2, -0.15) is 0 Å². The first-order chi connectivity index (χ1) is 11.2. The van der Waals surface area contributed by atoms with Crippen molar-refractivity contribution >= 4 is 28.8 Å². The molecule has 0 spiro atoms. The zero-order valence-electron chi connectivity index (χ0n) is 13.1. The molecule has 1 saturated heterocycles. The van der Waals surface area contributed by atoms with Crippen LogP contribution >= 0.6 is 22.9 Å². The molecular weight excluding hydrogens is 330 g/mol. The molecule has 2 aromatic rings. The van der Waals surface area contributed by atoms with Crippen LogP contribution in [0, 0.1) is 0 Å². The molecule has 1 aromatic heterocycles. The van der Waals surface area contributed by atoms with Crippen molar-refractivity contribution in [3.63, 3.8) is 0 Å². The molecule has 0 saturated carbocycles. The Balaban J connectivity index is 1.78. The summed E-state index contributed by atoms with van der Waals surface area (Å²) in [6.07, 6.45) is 1.27. The van der Waals surface area contributed by atoms with Crippen LogP contribution in [0.1, 0.15) is 29.2 Å². The van der Waals surface area contributed by atoms with Crippen LogP contribution in [-0.2, 0) is 17.6 Å². The van der Waals surface area contributed by atoms with Crippen molar-refractivity contribution in [3.05, 3.63) is 50.9 Å². The van der Waals surface area contributed by atoms with E-state index in [4.69, 9.17) is 11.6 Å². The summed E-state index contributed by atoms with van der Waals surface area (Å²) in [6.45, 7) is 4.31. The first-order valence-electron chi connectivity index (χ1n) is 7.87. The van der Waals surface area contributed by atoms with Crippen molar-refractivity contribution in [2.45, 2.75) is 25.8 Å². The van der Waals surface area contributed by atoms with Gasteiger partial charge in [0, 0.05) is 30.0 Å². The molecule has 1 N–H and O–H groups in total. The maximum absolute atomic E-state index is 12.8. The standard InChI is InChI=1S/C17H20ClN3OS/c1-2-16-20-12(11-23-16)9-17(22)21-8-7-19-10-15(21)13-5-3-4-6-14(13)18/h3-6,11,15,19H,2,7-10H2,1H3. The largest absolute Gasteiger partial charge is 0.333 e. The monoisotopic (exact) mass is 349 g/mol. The van der Waals surface area contributed by atoms with Gasteiger partial charge in [0.05, 0.1) is 23.2 Å². The van der Waals surface area contributed by atoms with E-state index in [1.54, 1.807) is 11.3 Å². The minimum atomic E-state index is -0.0192. The second kappa shape index (κ2) is 7.43. The van der Waals surface area contributed by atoms with Crippen LogP contribution in [0.2, 0.25) is 5.02 Å². The van der Waals surface area contributed by atoms with Crippen LogP contribution in [-0.4, -0.2) is 35.4 Å². The number of nitrogens with zero attached hydrogens (tertiary/aromatic N) is 2. The average Bonchev–Trinajstić information content (AvgIpc) is 3.03. The minimum Gasteiger partial charge on any atom is -0.333 e. The number of carbonyl (C=O) groups is 1. The van der Waals surface area contributed by atoms with Gasteiger partial charge in [-0.05, 0) is 18.1 Å². The normalized spacial score (nSPS) is 18.2. The molecule has 0 aliphatic carbocycles. The third kappa shape index (κ3) is 3.74. The first kappa shape index (κ1) is 16.4. The van der Waals surface area contributed by atoms with Gasteiger partial charge in [-0.25, -0.2) is 4.98 Å². The topological polar surface area (TPSA) is 45.2 Å². The van der Waals surface area contributed by atoms with E-state index < -0.39 is 0 Å². The Kier molecular flexibility index (Phi) is 5.30. The van der Waals surface area contributed by atoms with Gasteiger partial charge in [-0.15, -0.1) is 11.3 Å². The third-order valence-corrected chi connectivity index (χ3v) is 5.45. The number of aryl methyl sites for hydroxylation is 1. The summed E-state index contributed by atoms with van der Waals surface area (Å²) in [5.41, 5.74) is 1.87. The summed E-state index contributed by atoms with van der Waals surface area (Å²) in [7, 11) is 0. The molecule has 6 heteroatoms. The number of carbonyl (C=O) groups excluding carboxylic acids is 1. The fraction of sp³-hybridized carbons (Fsp3) is 0.412. The van der Waals surface area contributed by atoms with E-state index in [0.29, 0.717) is 18.0 Å². The number of amides is 1. The highest BCUT2D eigenvalue weighted by atomic mass is 35.5. The highest BCUT2D eigenvalue weighted by Gasteiger charge is 2.29. The molecule has 122 valence electrons. The van der Waals surface area contributed by atoms with Crippen molar-refractivity contribution in [1.29, 1.82) is 0 Å². The Morgan fingerprint density at radius 2 is 2.30 bits per heavy atom. The molecule has 3 rings (SSSR count). The van der Waals surface area contributed by atoms with Crippen molar-refractivity contribution < 1.29 is 4.79 Å². The lowest BCUT2D eigenvalue weighted by Gasteiger charge is -2.37. The first-order valence-corrected chi connectivity index (χ1v) is 9.12. The molecule has 0 bridgehead atoms. The van der Waals surface area contributed by atoms with Crippen LogP contribution in [0.3, 0.4) is 0 Å². The Morgan fingerprint density at radius 3 is 3.04 bits per heavy atom. The quantitative estimate of drug-likeness (QED) is 0.922. The Morgan fingerprint density at radius 1 is 1.48 bits per heavy atom. The molecule has 0 radical (unpaired) electrons. The Hall–Kier alpha value is -1.43. The predicted octanol–water partition coefficient (Wildman–Crippen LogP) is 3.07. The summed E-state index contributed by atoms with van der Waals surface area (Å²) < 4.78 is 0. The number of benzene rings is 1. The summed E-state index contributed by atoms with van der Waals surface area (Å²) in [6, 6.07) is 7.73. The zero-order chi connectivity index (χ0) is 16.2. The predicted molar refractivity (Wildman–Crippen MR) is 94.0 cm³/mol. The number of hydrogen-bond donors (Lipinski definition) is 1. The van der Waals surface area contributed by atoms with Gasteiger partial charge in [0.1, 0.15) is 0 Å². The van der Waals surface area contributed by atoms with E-state index in [1.807, 2.05) is 34.5 Å². The summed E-state index contributed by atoms with van der Waals surface area (Å²) in [5.74, 6) is 0.115. The van der Waals surface area contributed by atoms with E-state index >= 15 is 0 Å². The van der Waals surface area contributed by atoms with E-state index in [-0.39, 0.29) is 11.9 Å². The van der Waals surface area contributed by atoms with Crippen molar-refractivity contribution in [2.75, 3.05) is 19.6 Å². The molecule has 1 unspecified atom stereocenters. The summed E-state index contributed by atoms with van der Waals surface area (Å²) >= 11 is 7.96. The van der Waals surface area contributed by atoms with Gasteiger partial charge in [0.15, 0.2) is 0 Å². The van der Waals surface area contributed by atoms with Crippen molar-refractivity contribution in [2.24, 2.45) is 0 Å². The highest BCUT2D eigenvalue weighted by molar-refractivity contribution is 7.09. The zero-order valence-corrected chi connectivity index (χ0v) is 14.7. The lowest BCUT2D eigenvalue weighted by molar-refractivity contribution is -0.133. The van der Waals surface area contributed by atoms with E-state index in [0.717, 1.165) is 35.8 Å². The maximum Gasteiger partial charge on any atom is 0.229 e. The second-order valence-corrected chi connectivity index (χ2v) is 6.94. The van der Waals surface area contributed by atoms with Crippen molar-refractivity contribution in [3.8, 4) is 0 Å². The fourth-order valence-electron chi connectivity index (χ4n) is 2.88. The molecule has 1 amide bonds.